The highest BCUT2D eigenvalue weighted by atomic mass is 16.3. The molecule has 3 unspecified atom stereocenters. The van der Waals surface area contributed by atoms with Crippen molar-refractivity contribution in [2.45, 2.75) is 64.9 Å². The molecule has 0 saturated carbocycles. The quantitative estimate of drug-likeness (QED) is 0.673. The third-order valence-corrected chi connectivity index (χ3v) is 4.02. The van der Waals surface area contributed by atoms with E-state index in [1.807, 2.05) is 6.08 Å². The monoisotopic (exact) mass is 252 g/mol. The maximum Gasteiger partial charge on any atom is 0.111 e. The van der Waals surface area contributed by atoms with Crippen LogP contribution in [0.15, 0.2) is 24.0 Å². The molecule has 2 N–H and O–H groups in total. The summed E-state index contributed by atoms with van der Waals surface area (Å²) in [5.41, 5.74) is 0. The summed E-state index contributed by atoms with van der Waals surface area (Å²) in [6, 6.07) is 0. The van der Waals surface area contributed by atoms with Crippen molar-refractivity contribution in [1.82, 2.24) is 0 Å². The van der Waals surface area contributed by atoms with Crippen LogP contribution in [0.3, 0.4) is 0 Å². The zero-order chi connectivity index (χ0) is 13.4. The van der Waals surface area contributed by atoms with Crippen LogP contribution in [0.1, 0.15) is 58.8 Å². The molecule has 1 rings (SSSR count). The van der Waals surface area contributed by atoms with E-state index in [0.29, 0.717) is 5.76 Å². The molecule has 3 atom stereocenters. The number of hydrogen-bond acceptors (Lipinski definition) is 2. The van der Waals surface area contributed by atoms with Crippen molar-refractivity contribution in [3.05, 3.63) is 24.0 Å². The molecule has 104 valence electrons. The van der Waals surface area contributed by atoms with E-state index in [1.165, 1.54) is 25.7 Å². The lowest BCUT2D eigenvalue weighted by Crippen LogP contribution is -2.20. The van der Waals surface area contributed by atoms with E-state index in [-0.39, 0.29) is 12.0 Å². The molecule has 1 aliphatic carbocycles. The minimum Gasteiger partial charge on any atom is -0.508 e. The number of unbranched alkanes of at least 4 members (excludes halogenated alkanes) is 1. The van der Waals surface area contributed by atoms with E-state index >= 15 is 0 Å². The lowest BCUT2D eigenvalue weighted by Gasteiger charge is -2.23. The van der Waals surface area contributed by atoms with Crippen LogP contribution in [-0.2, 0) is 0 Å². The van der Waals surface area contributed by atoms with Gasteiger partial charge in [0.15, 0.2) is 0 Å². The molecule has 0 radical (unpaired) electrons. The number of aliphatic hydroxyl groups excluding tert-OH is 2. The second-order valence-corrected chi connectivity index (χ2v) is 5.45. The minimum atomic E-state index is -0.263. The topological polar surface area (TPSA) is 40.5 Å². The van der Waals surface area contributed by atoms with Gasteiger partial charge in [0.1, 0.15) is 5.76 Å². The van der Waals surface area contributed by atoms with Crippen molar-refractivity contribution in [1.29, 1.82) is 0 Å². The third kappa shape index (κ3) is 5.26. The first-order valence-corrected chi connectivity index (χ1v) is 7.42. The van der Waals surface area contributed by atoms with E-state index in [4.69, 9.17) is 0 Å². The highest BCUT2D eigenvalue weighted by Gasteiger charge is 2.19. The highest BCUT2D eigenvalue weighted by molar-refractivity contribution is 5.17. The van der Waals surface area contributed by atoms with Gasteiger partial charge < -0.3 is 10.2 Å². The molecular formula is C16H28O2. The van der Waals surface area contributed by atoms with Gasteiger partial charge >= 0.3 is 0 Å². The van der Waals surface area contributed by atoms with Crippen molar-refractivity contribution in [2.24, 2.45) is 11.8 Å². The molecule has 2 nitrogen and oxygen atoms in total. The fourth-order valence-electron chi connectivity index (χ4n) is 2.58. The Morgan fingerprint density at radius 2 is 2.06 bits per heavy atom. The predicted molar refractivity (Wildman–Crippen MR) is 76.5 cm³/mol. The van der Waals surface area contributed by atoms with Gasteiger partial charge in [-0.1, -0.05) is 45.6 Å². The molecule has 0 aromatic carbocycles. The highest BCUT2D eigenvalue weighted by Crippen LogP contribution is 2.25. The van der Waals surface area contributed by atoms with Gasteiger partial charge in [-0.3, -0.25) is 0 Å². The fraction of sp³-hybridized carbons (Fsp3) is 0.750. The summed E-state index contributed by atoms with van der Waals surface area (Å²) >= 11 is 0. The van der Waals surface area contributed by atoms with E-state index in [0.717, 1.165) is 25.2 Å². The van der Waals surface area contributed by atoms with Crippen LogP contribution in [0.25, 0.3) is 0 Å². The van der Waals surface area contributed by atoms with Crippen LogP contribution in [0, 0.1) is 11.8 Å². The van der Waals surface area contributed by atoms with Gasteiger partial charge in [-0.05, 0) is 37.3 Å². The Balaban J connectivity index is 2.27. The normalized spacial score (nSPS) is 22.6. The van der Waals surface area contributed by atoms with Gasteiger partial charge in [-0.15, -0.1) is 0 Å². The lowest BCUT2D eigenvalue weighted by atomic mass is 9.87. The Morgan fingerprint density at radius 3 is 2.61 bits per heavy atom. The van der Waals surface area contributed by atoms with Crippen LogP contribution < -0.4 is 0 Å². The second-order valence-electron chi connectivity index (χ2n) is 5.45. The molecule has 0 aromatic heterocycles. The average molecular weight is 252 g/mol. The van der Waals surface area contributed by atoms with Crippen LogP contribution in [0.2, 0.25) is 0 Å². The number of rotatable bonds is 8. The van der Waals surface area contributed by atoms with Gasteiger partial charge in [0.2, 0.25) is 0 Å². The molecule has 2 heteroatoms. The van der Waals surface area contributed by atoms with Gasteiger partial charge in [0.05, 0.1) is 6.10 Å². The first kappa shape index (κ1) is 15.3. The van der Waals surface area contributed by atoms with Crippen molar-refractivity contribution in [3.8, 4) is 0 Å². The molecule has 1 aliphatic rings. The fourth-order valence-corrected chi connectivity index (χ4v) is 2.58. The number of aliphatic hydroxyl groups is 2. The molecule has 0 aromatic rings. The molecule has 0 aliphatic heterocycles. The standard InChI is InChI=1S/C16H28O2/c1-3-5-6-13(4-2)7-12-16(18)14-8-10-15(17)11-9-14/h8,10-11,13-14,16-18H,3-7,9,12H2,1-2H3. The summed E-state index contributed by atoms with van der Waals surface area (Å²) in [6.07, 6.45) is 13.0. The molecule has 0 fully saturated rings. The molecular weight excluding hydrogens is 224 g/mol. The SMILES string of the molecule is CCCCC(CC)CCC(O)C1C=CC(O)=CC1. The van der Waals surface area contributed by atoms with Crippen LogP contribution in [0.5, 0.6) is 0 Å². The summed E-state index contributed by atoms with van der Waals surface area (Å²) in [7, 11) is 0. The molecule has 18 heavy (non-hydrogen) atoms. The largest absolute Gasteiger partial charge is 0.508 e. The van der Waals surface area contributed by atoms with Crippen molar-refractivity contribution < 1.29 is 10.2 Å². The smallest absolute Gasteiger partial charge is 0.111 e. The first-order valence-electron chi connectivity index (χ1n) is 7.42. The third-order valence-electron chi connectivity index (χ3n) is 4.02. The van der Waals surface area contributed by atoms with Crippen LogP contribution in [-0.4, -0.2) is 16.3 Å². The van der Waals surface area contributed by atoms with Crippen molar-refractivity contribution >= 4 is 0 Å². The Hall–Kier alpha value is -0.760. The summed E-state index contributed by atoms with van der Waals surface area (Å²) in [5, 5.41) is 19.4. The first-order chi connectivity index (χ1) is 8.67. The van der Waals surface area contributed by atoms with Gasteiger partial charge in [-0.2, -0.15) is 0 Å². The van der Waals surface area contributed by atoms with Crippen molar-refractivity contribution in [3.63, 3.8) is 0 Å². The average Bonchev–Trinajstić information content (AvgIpc) is 2.39. The molecule has 0 saturated heterocycles. The van der Waals surface area contributed by atoms with Gasteiger partial charge in [-0.25, -0.2) is 0 Å². The number of allylic oxidation sites excluding steroid dienone is 2. The van der Waals surface area contributed by atoms with E-state index < -0.39 is 0 Å². The molecule has 0 amide bonds. The van der Waals surface area contributed by atoms with E-state index in [1.54, 1.807) is 12.2 Å². The van der Waals surface area contributed by atoms with E-state index in [9.17, 15) is 10.2 Å². The Bertz CT molecular complexity index is 281. The maximum absolute atomic E-state index is 10.2. The van der Waals surface area contributed by atoms with Crippen LogP contribution >= 0.6 is 0 Å². The van der Waals surface area contributed by atoms with Gasteiger partial charge in [0.25, 0.3) is 0 Å². The Morgan fingerprint density at radius 1 is 1.28 bits per heavy atom. The molecule has 0 heterocycles. The summed E-state index contributed by atoms with van der Waals surface area (Å²) in [4.78, 5) is 0. The lowest BCUT2D eigenvalue weighted by molar-refractivity contribution is 0.111. The zero-order valence-corrected chi connectivity index (χ0v) is 11.8. The summed E-state index contributed by atoms with van der Waals surface area (Å²) in [6.45, 7) is 4.47. The minimum absolute atomic E-state index is 0.185. The number of hydrogen-bond donors (Lipinski definition) is 2. The summed E-state index contributed by atoms with van der Waals surface area (Å²) in [5.74, 6) is 1.27. The molecule has 0 bridgehead atoms. The second kappa shape index (κ2) is 8.36. The van der Waals surface area contributed by atoms with Crippen LogP contribution in [0.4, 0.5) is 0 Å². The van der Waals surface area contributed by atoms with Crippen molar-refractivity contribution in [2.75, 3.05) is 0 Å². The Labute approximate surface area is 111 Å². The van der Waals surface area contributed by atoms with Gasteiger partial charge in [0, 0.05) is 5.92 Å². The van der Waals surface area contributed by atoms with E-state index in [2.05, 4.69) is 13.8 Å². The molecule has 0 spiro atoms. The predicted octanol–water partition coefficient (Wildman–Crippen LogP) is 4.36. The summed E-state index contributed by atoms with van der Waals surface area (Å²) < 4.78 is 0. The maximum atomic E-state index is 10.2. The zero-order valence-electron chi connectivity index (χ0n) is 11.8. The Kier molecular flexibility index (Phi) is 7.11.